The van der Waals surface area contributed by atoms with Crippen molar-refractivity contribution in [1.82, 2.24) is 10.3 Å². The Bertz CT molecular complexity index is 809. The molecule has 0 amide bonds. The summed E-state index contributed by atoms with van der Waals surface area (Å²) < 4.78 is 5.24. The number of rotatable bonds is 4. The Balaban J connectivity index is 2.08. The molecule has 1 aromatic carbocycles. The third-order valence-electron chi connectivity index (χ3n) is 3.77. The van der Waals surface area contributed by atoms with Crippen LogP contribution in [0.4, 0.5) is 0 Å². The molecule has 3 rings (SSSR count). The van der Waals surface area contributed by atoms with Crippen LogP contribution in [-0.2, 0) is 9.53 Å². The number of aryl methyl sites for hydroxylation is 1. The van der Waals surface area contributed by atoms with Crippen molar-refractivity contribution in [3.8, 4) is 0 Å². The summed E-state index contributed by atoms with van der Waals surface area (Å²) in [4.78, 5) is 21.5. The van der Waals surface area contributed by atoms with Crippen molar-refractivity contribution in [2.45, 2.75) is 26.8 Å². The van der Waals surface area contributed by atoms with E-state index in [1.165, 1.54) is 11.3 Å². The molecular weight excluding hydrogens is 322 g/mol. The van der Waals surface area contributed by atoms with Crippen molar-refractivity contribution in [2.24, 2.45) is 4.99 Å². The lowest BCUT2D eigenvalue weighted by Gasteiger charge is -2.25. The number of hydrogen-bond acceptors (Lipinski definition) is 6. The van der Waals surface area contributed by atoms with Crippen molar-refractivity contribution in [3.05, 3.63) is 63.2 Å². The van der Waals surface area contributed by atoms with Crippen LogP contribution >= 0.6 is 11.3 Å². The van der Waals surface area contributed by atoms with Crippen LogP contribution in [0.1, 0.15) is 36.7 Å². The Labute approximate surface area is 145 Å². The van der Waals surface area contributed by atoms with Gasteiger partial charge in [-0.1, -0.05) is 29.8 Å². The zero-order chi connectivity index (χ0) is 17.1. The van der Waals surface area contributed by atoms with Crippen LogP contribution < -0.4 is 5.32 Å². The fraction of sp³-hybridized carbons (Fsp3) is 0.278. The highest BCUT2D eigenvalue weighted by atomic mass is 32.1. The van der Waals surface area contributed by atoms with Gasteiger partial charge in [0, 0.05) is 11.1 Å². The fourth-order valence-corrected chi connectivity index (χ4v) is 3.23. The number of aromatic nitrogens is 1. The lowest BCUT2D eigenvalue weighted by molar-refractivity contribution is -0.138. The zero-order valence-electron chi connectivity index (χ0n) is 13.9. The van der Waals surface area contributed by atoms with Crippen LogP contribution in [0.2, 0.25) is 0 Å². The number of hydrogen-bond donors (Lipinski definition) is 1. The topological polar surface area (TPSA) is 63.6 Å². The van der Waals surface area contributed by atoms with Gasteiger partial charge in [-0.3, -0.25) is 4.99 Å². The normalized spacial score (nSPS) is 17.3. The number of esters is 1. The molecule has 0 saturated carbocycles. The summed E-state index contributed by atoms with van der Waals surface area (Å²) >= 11 is 1.51. The molecule has 0 fully saturated rings. The highest BCUT2D eigenvalue weighted by Gasteiger charge is 2.31. The van der Waals surface area contributed by atoms with Crippen LogP contribution in [0.25, 0.3) is 0 Å². The molecule has 1 aromatic heterocycles. The SMILES string of the molecule is CCOC(=O)C1=C(C)NC(c2cscn2)=N[C@H]1c1cccc(C)c1. The molecule has 0 unspecified atom stereocenters. The standard InChI is InChI=1S/C18H19N3O2S/c1-4-23-18(22)15-12(3)20-17(14-9-24-10-19-14)21-16(15)13-7-5-6-11(2)8-13/h5-10,16H,4H2,1-3H3,(H,20,21)/t16-/m0/s1. The monoisotopic (exact) mass is 341 g/mol. The van der Waals surface area contributed by atoms with Crippen LogP contribution in [0.3, 0.4) is 0 Å². The van der Waals surface area contributed by atoms with E-state index in [-0.39, 0.29) is 5.97 Å². The predicted octanol–water partition coefficient (Wildman–Crippen LogP) is 3.38. The van der Waals surface area contributed by atoms with Crippen LogP contribution in [-0.4, -0.2) is 23.4 Å². The van der Waals surface area contributed by atoms with Crippen molar-refractivity contribution >= 4 is 23.1 Å². The minimum atomic E-state index is -0.401. The number of allylic oxidation sites excluding steroid dienone is 1. The first-order valence-corrected chi connectivity index (χ1v) is 8.72. The number of carbonyl (C=O) groups is 1. The first-order valence-electron chi connectivity index (χ1n) is 7.78. The molecule has 0 radical (unpaired) electrons. The number of aliphatic imine (C=N–C) groups is 1. The largest absolute Gasteiger partial charge is 0.463 e. The molecule has 124 valence electrons. The molecule has 5 nitrogen and oxygen atoms in total. The van der Waals surface area contributed by atoms with Gasteiger partial charge >= 0.3 is 5.97 Å². The predicted molar refractivity (Wildman–Crippen MR) is 95.0 cm³/mol. The summed E-state index contributed by atoms with van der Waals surface area (Å²) in [6.45, 7) is 6.03. The van der Waals surface area contributed by atoms with Crippen LogP contribution in [0.5, 0.6) is 0 Å². The van der Waals surface area contributed by atoms with E-state index in [0.29, 0.717) is 18.0 Å². The van der Waals surface area contributed by atoms with Crippen LogP contribution in [0.15, 0.2) is 51.4 Å². The van der Waals surface area contributed by atoms with Crippen LogP contribution in [0, 0.1) is 6.92 Å². The Morgan fingerprint density at radius 3 is 2.88 bits per heavy atom. The first kappa shape index (κ1) is 16.4. The van der Waals surface area contributed by atoms with E-state index in [0.717, 1.165) is 22.5 Å². The molecule has 0 bridgehead atoms. The van der Waals surface area contributed by atoms with Crippen molar-refractivity contribution in [1.29, 1.82) is 0 Å². The maximum absolute atomic E-state index is 12.5. The number of nitrogens with zero attached hydrogens (tertiary/aromatic N) is 2. The Morgan fingerprint density at radius 1 is 1.38 bits per heavy atom. The van der Waals surface area contributed by atoms with E-state index in [1.54, 1.807) is 12.4 Å². The molecule has 24 heavy (non-hydrogen) atoms. The quantitative estimate of drug-likeness (QED) is 0.866. The number of thiazole rings is 1. The Morgan fingerprint density at radius 2 is 2.21 bits per heavy atom. The number of nitrogens with one attached hydrogen (secondary N) is 1. The summed E-state index contributed by atoms with van der Waals surface area (Å²) in [5.41, 5.74) is 5.92. The molecule has 0 aliphatic carbocycles. The maximum Gasteiger partial charge on any atom is 0.338 e. The van der Waals surface area contributed by atoms with Gasteiger partial charge in [0.05, 0.1) is 17.7 Å². The zero-order valence-corrected chi connectivity index (χ0v) is 14.7. The Kier molecular flexibility index (Phi) is 4.76. The fourth-order valence-electron chi connectivity index (χ4n) is 2.69. The van der Waals surface area contributed by atoms with E-state index >= 15 is 0 Å². The van der Waals surface area contributed by atoms with E-state index in [4.69, 9.17) is 9.73 Å². The van der Waals surface area contributed by atoms with Gasteiger partial charge in [0.15, 0.2) is 5.84 Å². The first-order chi connectivity index (χ1) is 11.6. The second-order valence-electron chi connectivity index (χ2n) is 5.55. The second kappa shape index (κ2) is 6.97. The molecule has 0 saturated heterocycles. The second-order valence-corrected chi connectivity index (χ2v) is 6.27. The molecule has 2 heterocycles. The molecule has 1 aliphatic heterocycles. The highest BCUT2D eigenvalue weighted by molar-refractivity contribution is 7.07. The number of ether oxygens (including phenoxy) is 1. The van der Waals surface area contributed by atoms with E-state index in [1.807, 2.05) is 43.5 Å². The third kappa shape index (κ3) is 3.23. The minimum Gasteiger partial charge on any atom is -0.463 e. The molecule has 6 heteroatoms. The molecule has 1 atom stereocenters. The number of carbonyl (C=O) groups excluding carboxylic acids is 1. The average molecular weight is 341 g/mol. The van der Waals surface area contributed by atoms with Crippen molar-refractivity contribution in [2.75, 3.05) is 6.61 Å². The maximum atomic E-state index is 12.5. The lowest BCUT2D eigenvalue weighted by atomic mass is 9.95. The van der Waals surface area contributed by atoms with Gasteiger partial charge in [-0.05, 0) is 26.3 Å². The van der Waals surface area contributed by atoms with E-state index < -0.39 is 6.04 Å². The highest BCUT2D eigenvalue weighted by Crippen LogP contribution is 2.32. The summed E-state index contributed by atoms with van der Waals surface area (Å²) in [5.74, 6) is 0.336. The smallest absolute Gasteiger partial charge is 0.338 e. The van der Waals surface area contributed by atoms with Crippen molar-refractivity contribution in [3.63, 3.8) is 0 Å². The van der Waals surface area contributed by atoms with Gasteiger partial charge < -0.3 is 10.1 Å². The van der Waals surface area contributed by atoms with E-state index in [9.17, 15) is 4.79 Å². The number of amidine groups is 1. The summed E-state index contributed by atoms with van der Waals surface area (Å²) in [6.07, 6.45) is 0. The number of benzene rings is 1. The molecule has 1 N–H and O–H groups in total. The van der Waals surface area contributed by atoms with Gasteiger partial charge in [0.1, 0.15) is 11.7 Å². The van der Waals surface area contributed by atoms with E-state index in [2.05, 4.69) is 10.3 Å². The van der Waals surface area contributed by atoms with Gasteiger partial charge in [-0.15, -0.1) is 11.3 Å². The molecule has 2 aromatic rings. The third-order valence-corrected chi connectivity index (χ3v) is 4.36. The molecular formula is C18H19N3O2S. The summed E-state index contributed by atoms with van der Waals surface area (Å²) in [6, 6.07) is 7.63. The van der Waals surface area contributed by atoms with Crippen molar-refractivity contribution < 1.29 is 9.53 Å². The molecule has 1 aliphatic rings. The van der Waals surface area contributed by atoms with Gasteiger partial charge in [0.2, 0.25) is 0 Å². The summed E-state index contributed by atoms with van der Waals surface area (Å²) in [7, 11) is 0. The average Bonchev–Trinajstić information content (AvgIpc) is 3.08. The molecule has 0 spiro atoms. The Hall–Kier alpha value is -2.47. The minimum absolute atomic E-state index is 0.332. The lowest BCUT2D eigenvalue weighted by Crippen LogP contribution is -2.33. The van der Waals surface area contributed by atoms with Gasteiger partial charge in [-0.25, -0.2) is 9.78 Å². The summed E-state index contributed by atoms with van der Waals surface area (Å²) in [5, 5.41) is 5.13. The van der Waals surface area contributed by atoms with Gasteiger partial charge in [0.25, 0.3) is 0 Å². The van der Waals surface area contributed by atoms with Gasteiger partial charge in [-0.2, -0.15) is 0 Å².